The summed E-state index contributed by atoms with van der Waals surface area (Å²) in [6.07, 6.45) is 5.36. The summed E-state index contributed by atoms with van der Waals surface area (Å²) in [5.74, 6) is -0.665. The molecule has 9 heteroatoms. The average Bonchev–Trinajstić information content (AvgIpc) is 3.43. The molecule has 0 saturated heterocycles. The molecule has 1 unspecified atom stereocenters. The number of sulfonamides is 1. The first kappa shape index (κ1) is 29.8. The van der Waals surface area contributed by atoms with Gasteiger partial charge in [-0.1, -0.05) is 89.4 Å². The van der Waals surface area contributed by atoms with Crippen LogP contribution in [0.3, 0.4) is 0 Å². The maximum Gasteiger partial charge on any atom is 0.244 e. The van der Waals surface area contributed by atoms with Gasteiger partial charge in [0.15, 0.2) is 0 Å². The second-order valence-corrected chi connectivity index (χ2v) is 13.2. The van der Waals surface area contributed by atoms with Gasteiger partial charge in [0.1, 0.15) is 12.6 Å². The number of benzene rings is 3. The normalized spacial score (nSPS) is 14.5. The number of amides is 2. The van der Waals surface area contributed by atoms with Crippen molar-refractivity contribution in [3.8, 4) is 0 Å². The van der Waals surface area contributed by atoms with E-state index < -0.39 is 28.5 Å². The molecule has 0 aliphatic heterocycles. The Balaban J connectivity index is 1.73. The first-order chi connectivity index (χ1) is 19.1. The van der Waals surface area contributed by atoms with E-state index in [1.807, 2.05) is 61.5 Å². The fraction of sp³-hybridized carbons (Fsp3) is 0.355. The highest BCUT2D eigenvalue weighted by atomic mass is 79.9. The number of carbonyl (C=O) groups is 2. The van der Waals surface area contributed by atoms with Crippen LogP contribution in [0.2, 0.25) is 0 Å². The lowest BCUT2D eigenvalue weighted by molar-refractivity contribution is -0.140. The van der Waals surface area contributed by atoms with Crippen LogP contribution in [0.5, 0.6) is 0 Å². The van der Waals surface area contributed by atoms with Gasteiger partial charge in [-0.25, -0.2) is 8.42 Å². The number of carbonyl (C=O) groups excluding carboxylic acids is 2. The smallest absolute Gasteiger partial charge is 0.244 e. The molecule has 1 aliphatic carbocycles. The SMILES string of the molecule is Cc1ccccc1CN(C(=O)CN(c1cccc(Br)c1)S(C)(=O)=O)C(Cc1ccccc1)C(=O)NC1CCCC1. The summed E-state index contributed by atoms with van der Waals surface area (Å²) in [7, 11) is -3.80. The summed E-state index contributed by atoms with van der Waals surface area (Å²) >= 11 is 3.40. The largest absolute Gasteiger partial charge is 0.352 e. The van der Waals surface area contributed by atoms with Gasteiger partial charge in [-0.2, -0.15) is 0 Å². The van der Waals surface area contributed by atoms with Gasteiger partial charge in [0.2, 0.25) is 21.8 Å². The first-order valence-corrected chi connectivity index (χ1v) is 16.2. The number of nitrogens with one attached hydrogen (secondary N) is 1. The molecule has 0 aromatic heterocycles. The standard InChI is InChI=1S/C31H36BrN3O4S/c1-23-11-6-7-14-25(23)21-34(30(36)22-35(40(2,38)39)28-18-10-15-26(32)20-28)29(19-24-12-4-3-5-13-24)31(37)33-27-16-8-9-17-27/h3-7,10-15,18,20,27,29H,8-9,16-17,19,21-22H2,1-2H3,(H,33,37). The Hall–Kier alpha value is -3.17. The van der Waals surface area contributed by atoms with E-state index >= 15 is 0 Å². The molecule has 2 amide bonds. The molecular formula is C31H36BrN3O4S. The lowest BCUT2D eigenvalue weighted by Crippen LogP contribution is -2.54. The van der Waals surface area contributed by atoms with Crippen LogP contribution in [-0.4, -0.2) is 50.0 Å². The fourth-order valence-corrected chi connectivity index (χ4v) is 6.37. The second kappa shape index (κ2) is 13.5. The molecule has 3 aromatic carbocycles. The Morgan fingerprint density at radius 2 is 1.65 bits per heavy atom. The fourth-order valence-electron chi connectivity index (χ4n) is 5.14. The Bertz CT molecular complexity index is 1430. The molecule has 1 saturated carbocycles. The molecule has 0 radical (unpaired) electrons. The molecule has 0 spiro atoms. The van der Waals surface area contributed by atoms with Crippen LogP contribution in [-0.2, 0) is 32.6 Å². The Kier molecular flexibility index (Phi) is 10.0. The predicted molar refractivity (Wildman–Crippen MR) is 162 cm³/mol. The van der Waals surface area contributed by atoms with Crippen LogP contribution < -0.4 is 9.62 Å². The molecule has 40 heavy (non-hydrogen) atoms. The van der Waals surface area contributed by atoms with Crippen LogP contribution in [0.25, 0.3) is 0 Å². The minimum atomic E-state index is -3.80. The van der Waals surface area contributed by atoms with Crippen LogP contribution in [0.15, 0.2) is 83.3 Å². The van der Waals surface area contributed by atoms with Crippen molar-refractivity contribution in [2.75, 3.05) is 17.1 Å². The van der Waals surface area contributed by atoms with E-state index in [1.165, 1.54) is 0 Å². The maximum atomic E-state index is 14.2. The molecule has 1 N–H and O–H groups in total. The van der Waals surface area contributed by atoms with Gasteiger partial charge in [-0.15, -0.1) is 0 Å². The Morgan fingerprint density at radius 1 is 0.975 bits per heavy atom. The van der Waals surface area contributed by atoms with E-state index in [0.717, 1.165) is 52.9 Å². The lowest BCUT2D eigenvalue weighted by Gasteiger charge is -2.34. The summed E-state index contributed by atoms with van der Waals surface area (Å²) in [5, 5.41) is 3.19. The van der Waals surface area contributed by atoms with Crippen LogP contribution in [0.4, 0.5) is 5.69 Å². The third-order valence-electron chi connectivity index (χ3n) is 7.35. The minimum Gasteiger partial charge on any atom is -0.352 e. The molecule has 3 aromatic rings. The topological polar surface area (TPSA) is 86.8 Å². The molecular weight excluding hydrogens is 590 g/mol. The van der Waals surface area contributed by atoms with Crippen molar-refractivity contribution >= 4 is 43.5 Å². The van der Waals surface area contributed by atoms with Crippen molar-refractivity contribution in [3.63, 3.8) is 0 Å². The van der Waals surface area contributed by atoms with E-state index in [-0.39, 0.29) is 18.5 Å². The highest BCUT2D eigenvalue weighted by Gasteiger charge is 2.34. The Labute approximate surface area is 245 Å². The predicted octanol–water partition coefficient (Wildman–Crippen LogP) is 5.22. The number of halogens is 1. The maximum absolute atomic E-state index is 14.2. The highest BCUT2D eigenvalue weighted by Crippen LogP contribution is 2.24. The number of nitrogens with zero attached hydrogens (tertiary/aromatic N) is 2. The monoisotopic (exact) mass is 625 g/mol. The van der Waals surface area contributed by atoms with Gasteiger partial charge >= 0.3 is 0 Å². The summed E-state index contributed by atoms with van der Waals surface area (Å²) in [6, 6.07) is 23.4. The molecule has 1 atom stereocenters. The van der Waals surface area contributed by atoms with Gasteiger partial charge in [0.25, 0.3) is 0 Å². The summed E-state index contributed by atoms with van der Waals surface area (Å²) in [4.78, 5) is 29.6. The van der Waals surface area contributed by atoms with Crippen LogP contribution >= 0.6 is 15.9 Å². The van der Waals surface area contributed by atoms with Crippen molar-refractivity contribution in [1.82, 2.24) is 10.2 Å². The molecule has 4 rings (SSSR count). The second-order valence-electron chi connectivity index (χ2n) is 10.4. The van der Waals surface area contributed by atoms with E-state index in [2.05, 4.69) is 21.2 Å². The first-order valence-electron chi connectivity index (χ1n) is 13.5. The van der Waals surface area contributed by atoms with Crippen molar-refractivity contribution in [2.24, 2.45) is 0 Å². The van der Waals surface area contributed by atoms with Gasteiger partial charge in [0.05, 0.1) is 11.9 Å². The third-order valence-corrected chi connectivity index (χ3v) is 8.98. The molecule has 0 heterocycles. The minimum absolute atomic E-state index is 0.0790. The number of aryl methyl sites for hydroxylation is 1. The van der Waals surface area contributed by atoms with Gasteiger partial charge < -0.3 is 10.2 Å². The average molecular weight is 627 g/mol. The van der Waals surface area contributed by atoms with E-state index in [1.54, 1.807) is 29.2 Å². The number of anilines is 1. The Morgan fingerprint density at radius 3 is 2.30 bits per heavy atom. The summed E-state index contributed by atoms with van der Waals surface area (Å²) in [6.45, 7) is 1.72. The molecule has 1 aliphatic rings. The number of hydrogen-bond acceptors (Lipinski definition) is 4. The molecule has 1 fully saturated rings. The van der Waals surface area contributed by atoms with Crippen LogP contribution in [0, 0.1) is 6.92 Å². The van der Waals surface area contributed by atoms with E-state index in [0.29, 0.717) is 16.6 Å². The van der Waals surface area contributed by atoms with Crippen molar-refractivity contribution < 1.29 is 18.0 Å². The zero-order valence-electron chi connectivity index (χ0n) is 22.9. The molecule has 0 bridgehead atoms. The van der Waals surface area contributed by atoms with Crippen molar-refractivity contribution in [3.05, 3.63) is 100 Å². The van der Waals surface area contributed by atoms with Gasteiger partial charge in [-0.05, 0) is 54.7 Å². The van der Waals surface area contributed by atoms with Gasteiger partial charge in [-0.3, -0.25) is 13.9 Å². The third kappa shape index (κ3) is 7.95. The quantitative estimate of drug-likeness (QED) is 0.316. The zero-order valence-corrected chi connectivity index (χ0v) is 25.3. The van der Waals surface area contributed by atoms with Crippen LogP contribution in [0.1, 0.15) is 42.4 Å². The molecule has 212 valence electrons. The zero-order chi connectivity index (χ0) is 28.7. The number of rotatable bonds is 11. The van der Waals surface area contributed by atoms with E-state index in [9.17, 15) is 18.0 Å². The highest BCUT2D eigenvalue weighted by molar-refractivity contribution is 9.10. The summed E-state index contributed by atoms with van der Waals surface area (Å²) in [5.41, 5.74) is 3.18. The lowest BCUT2D eigenvalue weighted by atomic mass is 10.0. The van der Waals surface area contributed by atoms with Crippen molar-refractivity contribution in [2.45, 2.75) is 57.7 Å². The van der Waals surface area contributed by atoms with E-state index in [4.69, 9.17) is 0 Å². The van der Waals surface area contributed by atoms with Crippen molar-refractivity contribution in [1.29, 1.82) is 0 Å². The molecule has 7 nitrogen and oxygen atoms in total. The van der Waals surface area contributed by atoms with Gasteiger partial charge in [0, 0.05) is 23.5 Å². The number of hydrogen-bond donors (Lipinski definition) is 1. The summed E-state index contributed by atoms with van der Waals surface area (Å²) < 4.78 is 27.6.